The Bertz CT molecular complexity index is 916. The molecule has 1 fully saturated rings. The number of piperazine rings is 1. The predicted molar refractivity (Wildman–Crippen MR) is 116 cm³/mol. The van der Waals surface area contributed by atoms with E-state index in [0.717, 1.165) is 44.3 Å². The van der Waals surface area contributed by atoms with Crippen LogP contribution >= 0.6 is 0 Å². The molecule has 30 heavy (non-hydrogen) atoms. The summed E-state index contributed by atoms with van der Waals surface area (Å²) in [5.41, 5.74) is 2.55. The van der Waals surface area contributed by atoms with Gasteiger partial charge in [0.15, 0.2) is 5.82 Å². The normalized spacial score (nSPS) is 16.7. The molecule has 1 aliphatic rings. The van der Waals surface area contributed by atoms with Gasteiger partial charge in [-0.25, -0.2) is 4.68 Å². The summed E-state index contributed by atoms with van der Waals surface area (Å²) in [6.07, 6.45) is 0. The maximum atomic E-state index is 5.35. The number of ether oxygens (including phenoxy) is 1. The molecular weight excluding hydrogens is 376 g/mol. The van der Waals surface area contributed by atoms with Crippen molar-refractivity contribution >= 4 is 0 Å². The molecule has 7 nitrogen and oxygen atoms in total. The van der Waals surface area contributed by atoms with Gasteiger partial charge in [0.25, 0.3) is 0 Å². The highest BCUT2D eigenvalue weighted by Gasteiger charge is 2.31. The van der Waals surface area contributed by atoms with Crippen LogP contribution in [-0.2, 0) is 6.54 Å². The summed E-state index contributed by atoms with van der Waals surface area (Å²) >= 11 is 0. The largest absolute Gasteiger partial charge is 0.497 e. The van der Waals surface area contributed by atoms with Crippen molar-refractivity contribution in [2.24, 2.45) is 0 Å². The average Bonchev–Trinajstić information content (AvgIpc) is 3.26. The minimum absolute atomic E-state index is 0.0205. The Labute approximate surface area is 178 Å². The van der Waals surface area contributed by atoms with Gasteiger partial charge in [0.1, 0.15) is 5.75 Å². The maximum absolute atomic E-state index is 5.35. The molecule has 1 saturated heterocycles. The zero-order chi connectivity index (χ0) is 20.9. The van der Waals surface area contributed by atoms with E-state index in [1.54, 1.807) is 7.11 Å². The molecule has 158 valence electrons. The molecule has 0 spiro atoms. The molecule has 4 rings (SSSR count). The minimum Gasteiger partial charge on any atom is -0.497 e. The Morgan fingerprint density at radius 1 is 0.933 bits per heavy atom. The monoisotopic (exact) mass is 406 g/mol. The van der Waals surface area contributed by atoms with Crippen LogP contribution in [-0.4, -0.2) is 63.3 Å². The van der Waals surface area contributed by atoms with E-state index in [1.807, 2.05) is 16.8 Å². The van der Waals surface area contributed by atoms with Gasteiger partial charge in [-0.1, -0.05) is 42.5 Å². The summed E-state index contributed by atoms with van der Waals surface area (Å²) in [6, 6.07) is 19.2. The first-order valence-electron chi connectivity index (χ1n) is 10.6. The van der Waals surface area contributed by atoms with Gasteiger partial charge in [-0.3, -0.25) is 9.80 Å². The third kappa shape index (κ3) is 4.52. The van der Waals surface area contributed by atoms with Crippen LogP contribution in [0.5, 0.6) is 5.75 Å². The van der Waals surface area contributed by atoms with E-state index in [9.17, 15) is 0 Å². The van der Waals surface area contributed by atoms with Crippen LogP contribution in [0, 0.1) is 0 Å². The number of hydrogen-bond donors (Lipinski definition) is 0. The molecule has 1 aliphatic heterocycles. The number of benzene rings is 2. The number of hydrogen-bond acceptors (Lipinski definition) is 6. The lowest BCUT2D eigenvalue weighted by molar-refractivity contribution is 0.0996. The van der Waals surface area contributed by atoms with Crippen LogP contribution in [0.15, 0.2) is 54.6 Å². The fraction of sp³-hybridized carbons (Fsp3) is 0.435. The number of nitrogens with zero attached hydrogens (tertiary/aromatic N) is 6. The van der Waals surface area contributed by atoms with Gasteiger partial charge in [0, 0.05) is 32.7 Å². The summed E-state index contributed by atoms with van der Waals surface area (Å²) in [6.45, 7) is 9.19. The standard InChI is InChI=1S/C23H30N6O/c1-18(2)29-23(24-25-26-29)22(20-9-11-21(30-3)12-10-20)28-15-13-27(14-16-28)17-19-7-5-4-6-8-19/h4-12,18,22H,13-17H2,1-3H3/t22-/m1/s1. The Balaban J connectivity index is 1.55. The number of rotatable bonds is 7. The van der Waals surface area contributed by atoms with Gasteiger partial charge in [-0.2, -0.15) is 0 Å². The lowest BCUT2D eigenvalue weighted by atomic mass is 10.0. The molecule has 1 aromatic heterocycles. The molecule has 2 heterocycles. The molecule has 7 heteroatoms. The van der Waals surface area contributed by atoms with Crippen molar-refractivity contribution in [2.75, 3.05) is 33.3 Å². The van der Waals surface area contributed by atoms with Crippen LogP contribution in [0.3, 0.4) is 0 Å². The average molecular weight is 407 g/mol. The Morgan fingerprint density at radius 2 is 1.63 bits per heavy atom. The molecule has 0 bridgehead atoms. The second kappa shape index (κ2) is 9.36. The fourth-order valence-corrected chi connectivity index (χ4v) is 4.08. The van der Waals surface area contributed by atoms with Crippen molar-refractivity contribution in [3.8, 4) is 5.75 Å². The van der Waals surface area contributed by atoms with Gasteiger partial charge in [0.05, 0.1) is 19.2 Å². The molecule has 2 aromatic carbocycles. The molecule has 3 aromatic rings. The number of methoxy groups -OCH3 is 1. The number of tetrazole rings is 1. The van der Waals surface area contributed by atoms with Gasteiger partial charge in [-0.05, 0) is 47.5 Å². The van der Waals surface area contributed by atoms with Crippen LogP contribution in [0.4, 0.5) is 0 Å². The van der Waals surface area contributed by atoms with E-state index >= 15 is 0 Å². The van der Waals surface area contributed by atoms with Crippen molar-refractivity contribution in [3.05, 3.63) is 71.5 Å². The maximum Gasteiger partial charge on any atom is 0.173 e. The third-order valence-corrected chi connectivity index (χ3v) is 5.70. The first-order chi connectivity index (χ1) is 14.7. The predicted octanol–water partition coefficient (Wildman–Crippen LogP) is 3.17. The summed E-state index contributed by atoms with van der Waals surface area (Å²) in [7, 11) is 1.69. The SMILES string of the molecule is COc1ccc([C@H](c2nnnn2C(C)C)N2CCN(Cc3ccccc3)CC2)cc1. The van der Waals surface area contributed by atoms with E-state index in [1.165, 1.54) is 11.1 Å². The second-order valence-electron chi connectivity index (χ2n) is 8.05. The van der Waals surface area contributed by atoms with Crippen molar-refractivity contribution in [2.45, 2.75) is 32.5 Å². The molecular formula is C23H30N6O. The van der Waals surface area contributed by atoms with Gasteiger partial charge < -0.3 is 4.74 Å². The highest BCUT2D eigenvalue weighted by molar-refractivity contribution is 5.32. The summed E-state index contributed by atoms with van der Waals surface area (Å²) in [5.74, 6) is 1.75. The lowest BCUT2D eigenvalue weighted by Gasteiger charge is -2.39. The Morgan fingerprint density at radius 3 is 2.27 bits per heavy atom. The molecule has 0 unspecified atom stereocenters. The molecule has 0 radical (unpaired) electrons. The summed E-state index contributed by atoms with van der Waals surface area (Å²) in [5, 5.41) is 12.7. The Kier molecular flexibility index (Phi) is 6.40. The van der Waals surface area contributed by atoms with Crippen LogP contribution < -0.4 is 4.74 Å². The first-order valence-corrected chi connectivity index (χ1v) is 10.6. The van der Waals surface area contributed by atoms with Gasteiger partial charge in [-0.15, -0.1) is 5.10 Å². The zero-order valence-corrected chi connectivity index (χ0v) is 18.0. The van der Waals surface area contributed by atoms with Crippen LogP contribution in [0.1, 0.15) is 42.9 Å². The first kappa shape index (κ1) is 20.5. The van der Waals surface area contributed by atoms with E-state index in [0.29, 0.717) is 0 Å². The van der Waals surface area contributed by atoms with Gasteiger partial charge in [0.2, 0.25) is 0 Å². The number of aromatic nitrogens is 4. The van der Waals surface area contributed by atoms with Crippen molar-refractivity contribution < 1.29 is 4.74 Å². The fourth-order valence-electron chi connectivity index (χ4n) is 4.08. The van der Waals surface area contributed by atoms with Crippen molar-refractivity contribution in [3.63, 3.8) is 0 Å². The molecule has 0 amide bonds. The van der Waals surface area contributed by atoms with Crippen LogP contribution in [0.2, 0.25) is 0 Å². The van der Waals surface area contributed by atoms with E-state index < -0.39 is 0 Å². The summed E-state index contributed by atoms with van der Waals surface area (Å²) < 4.78 is 7.29. The molecule has 0 aliphatic carbocycles. The van der Waals surface area contributed by atoms with E-state index in [4.69, 9.17) is 4.74 Å². The van der Waals surface area contributed by atoms with Crippen molar-refractivity contribution in [1.29, 1.82) is 0 Å². The third-order valence-electron chi connectivity index (χ3n) is 5.70. The smallest absolute Gasteiger partial charge is 0.173 e. The van der Waals surface area contributed by atoms with Crippen molar-refractivity contribution in [1.82, 2.24) is 30.0 Å². The molecule has 1 atom stereocenters. The molecule has 0 N–H and O–H groups in total. The lowest BCUT2D eigenvalue weighted by Crippen LogP contribution is -2.48. The summed E-state index contributed by atoms with van der Waals surface area (Å²) in [4.78, 5) is 5.01. The quantitative estimate of drug-likeness (QED) is 0.601. The second-order valence-corrected chi connectivity index (χ2v) is 8.05. The zero-order valence-electron chi connectivity index (χ0n) is 18.0. The minimum atomic E-state index is 0.0205. The molecule has 0 saturated carbocycles. The Hall–Kier alpha value is -2.77. The van der Waals surface area contributed by atoms with Gasteiger partial charge >= 0.3 is 0 Å². The van der Waals surface area contributed by atoms with Crippen LogP contribution in [0.25, 0.3) is 0 Å². The topological polar surface area (TPSA) is 59.3 Å². The van der Waals surface area contributed by atoms with E-state index in [-0.39, 0.29) is 12.1 Å². The highest BCUT2D eigenvalue weighted by atomic mass is 16.5. The van der Waals surface area contributed by atoms with E-state index in [2.05, 4.69) is 81.6 Å². The highest BCUT2D eigenvalue weighted by Crippen LogP contribution is 2.30.